The number of nitrogens with one attached hydrogen (secondary N) is 1. The van der Waals surface area contributed by atoms with Crippen molar-refractivity contribution in [3.8, 4) is 0 Å². The molecule has 2 aromatic rings. The van der Waals surface area contributed by atoms with Crippen LogP contribution in [0.1, 0.15) is 15.9 Å². The minimum atomic E-state index is -0.950. The van der Waals surface area contributed by atoms with Crippen LogP contribution in [0.25, 0.3) is 0 Å². The van der Waals surface area contributed by atoms with E-state index >= 15 is 0 Å². The van der Waals surface area contributed by atoms with Crippen LogP contribution in [0.2, 0.25) is 0 Å². The van der Waals surface area contributed by atoms with Gasteiger partial charge in [0, 0.05) is 8.95 Å². The van der Waals surface area contributed by atoms with E-state index in [2.05, 4.69) is 37.2 Å². The number of aromatic carboxylic acids is 1. The Morgan fingerprint density at radius 3 is 2.37 bits per heavy atom. The van der Waals surface area contributed by atoms with Crippen LogP contribution < -0.4 is 5.32 Å². The molecule has 2 N–H and O–H groups in total. The SMILES string of the molecule is Cc1ccc(Nc2c(Br)cccc2Br)c(C(=O)O)c1. The molecule has 0 atom stereocenters. The maximum absolute atomic E-state index is 11.3. The van der Waals surface area contributed by atoms with Crippen molar-refractivity contribution in [1.82, 2.24) is 0 Å². The second-order valence-corrected chi connectivity index (χ2v) is 5.78. The van der Waals surface area contributed by atoms with Gasteiger partial charge in [0.05, 0.1) is 16.9 Å². The monoisotopic (exact) mass is 383 g/mol. The van der Waals surface area contributed by atoms with E-state index in [1.807, 2.05) is 31.2 Å². The van der Waals surface area contributed by atoms with Crippen molar-refractivity contribution in [2.75, 3.05) is 5.32 Å². The Bertz CT molecular complexity index is 621. The Morgan fingerprint density at radius 2 is 1.79 bits per heavy atom. The Hall–Kier alpha value is -1.33. The summed E-state index contributed by atoms with van der Waals surface area (Å²) in [6.45, 7) is 1.87. The van der Waals surface area contributed by atoms with Crippen LogP contribution in [-0.2, 0) is 0 Å². The number of hydrogen-bond donors (Lipinski definition) is 2. The van der Waals surface area contributed by atoms with Crippen molar-refractivity contribution in [2.24, 2.45) is 0 Å². The van der Waals surface area contributed by atoms with Gasteiger partial charge in [0.1, 0.15) is 0 Å². The maximum Gasteiger partial charge on any atom is 0.337 e. The summed E-state index contributed by atoms with van der Waals surface area (Å²) in [6.07, 6.45) is 0. The van der Waals surface area contributed by atoms with Crippen molar-refractivity contribution >= 4 is 49.2 Å². The molecule has 0 aliphatic carbocycles. The molecule has 5 heteroatoms. The highest BCUT2D eigenvalue weighted by Gasteiger charge is 2.12. The third-order valence-electron chi connectivity index (χ3n) is 2.63. The number of para-hydroxylation sites is 1. The molecule has 2 rings (SSSR count). The minimum absolute atomic E-state index is 0.252. The first-order valence-electron chi connectivity index (χ1n) is 5.54. The number of aryl methyl sites for hydroxylation is 1. The Balaban J connectivity index is 2.47. The smallest absolute Gasteiger partial charge is 0.337 e. The van der Waals surface area contributed by atoms with Crippen molar-refractivity contribution in [3.63, 3.8) is 0 Å². The number of carbonyl (C=O) groups is 1. The van der Waals surface area contributed by atoms with E-state index in [9.17, 15) is 9.90 Å². The van der Waals surface area contributed by atoms with Crippen molar-refractivity contribution in [3.05, 3.63) is 56.5 Å². The topological polar surface area (TPSA) is 49.3 Å². The first-order chi connectivity index (χ1) is 8.99. The normalized spacial score (nSPS) is 10.3. The molecule has 98 valence electrons. The predicted octanol–water partition coefficient (Wildman–Crippen LogP) is 4.96. The van der Waals surface area contributed by atoms with Gasteiger partial charge >= 0.3 is 5.97 Å². The van der Waals surface area contributed by atoms with Crippen molar-refractivity contribution in [2.45, 2.75) is 6.92 Å². The predicted molar refractivity (Wildman–Crippen MR) is 83.3 cm³/mol. The molecule has 0 spiro atoms. The van der Waals surface area contributed by atoms with E-state index in [4.69, 9.17) is 0 Å². The molecule has 0 fully saturated rings. The second-order valence-electron chi connectivity index (χ2n) is 4.08. The fourth-order valence-electron chi connectivity index (χ4n) is 1.70. The first kappa shape index (κ1) is 14.1. The Labute approximate surface area is 127 Å². The summed E-state index contributed by atoms with van der Waals surface area (Å²) in [5, 5.41) is 12.4. The second kappa shape index (κ2) is 5.75. The number of anilines is 2. The standard InChI is InChI=1S/C14H11Br2NO2/c1-8-5-6-12(9(7-8)14(18)19)17-13-10(15)3-2-4-11(13)16/h2-7,17H,1H3,(H,18,19). The molecule has 0 aromatic heterocycles. The van der Waals surface area contributed by atoms with Crippen LogP contribution in [0.3, 0.4) is 0 Å². The summed E-state index contributed by atoms with van der Waals surface area (Å²) in [4.78, 5) is 11.3. The number of hydrogen-bond acceptors (Lipinski definition) is 2. The highest BCUT2D eigenvalue weighted by Crippen LogP contribution is 2.34. The summed E-state index contributed by atoms with van der Waals surface area (Å²) in [6, 6.07) is 11.0. The van der Waals surface area contributed by atoms with Gasteiger partial charge in [0.2, 0.25) is 0 Å². The van der Waals surface area contributed by atoms with E-state index in [1.54, 1.807) is 12.1 Å². The van der Waals surface area contributed by atoms with Crippen LogP contribution in [-0.4, -0.2) is 11.1 Å². The molecule has 0 unspecified atom stereocenters. The third-order valence-corrected chi connectivity index (χ3v) is 3.95. The van der Waals surface area contributed by atoms with Crippen LogP contribution in [0.4, 0.5) is 11.4 Å². The van der Waals surface area contributed by atoms with Crippen molar-refractivity contribution in [1.29, 1.82) is 0 Å². The summed E-state index contributed by atoms with van der Waals surface area (Å²) in [7, 11) is 0. The molecule has 0 saturated heterocycles. The summed E-state index contributed by atoms with van der Waals surface area (Å²) < 4.78 is 1.72. The van der Waals surface area contributed by atoms with Crippen molar-refractivity contribution < 1.29 is 9.90 Å². The van der Waals surface area contributed by atoms with Crippen LogP contribution in [0, 0.1) is 6.92 Å². The molecule has 0 amide bonds. The van der Waals surface area contributed by atoms with Gasteiger partial charge in [-0.3, -0.25) is 0 Å². The number of carboxylic acid groups (broad SMARTS) is 1. The summed E-state index contributed by atoms with van der Waals surface area (Å²) >= 11 is 6.88. The fraction of sp³-hybridized carbons (Fsp3) is 0.0714. The molecule has 0 aliphatic rings. The van der Waals surface area contributed by atoms with Crippen LogP contribution >= 0.6 is 31.9 Å². The summed E-state index contributed by atoms with van der Waals surface area (Å²) in [5.41, 5.74) is 2.52. The number of benzene rings is 2. The lowest BCUT2D eigenvalue weighted by molar-refractivity contribution is 0.0698. The third kappa shape index (κ3) is 3.16. The lowest BCUT2D eigenvalue weighted by atomic mass is 10.1. The highest BCUT2D eigenvalue weighted by molar-refractivity contribution is 9.11. The minimum Gasteiger partial charge on any atom is -0.478 e. The molecule has 0 radical (unpaired) electrons. The lowest BCUT2D eigenvalue weighted by Crippen LogP contribution is -2.03. The average molecular weight is 385 g/mol. The maximum atomic E-state index is 11.3. The largest absolute Gasteiger partial charge is 0.478 e. The van der Waals surface area contributed by atoms with Crippen LogP contribution in [0.15, 0.2) is 45.3 Å². The van der Waals surface area contributed by atoms with Gasteiger partial charge in [-0.15, -0.1) is 0 Å². The molecule has 3 nitrogen and oxygen atoms in total. The van der Waals surface area contributed by atoms with Gasteiger partial charge in [-0.25, -0.2) is 4.79 Å². The molecule has 0 saturated carbocycles. The lowest BCUT2D eigenvalue weighted by Gasteiger charge is -2.13. The van der Waals surface area contributed by atoms with E-state index in [-0.39, 0.29) is 5.56 Å². The van der Waals surface area contributed by atoms with E-state index < -0.39 is 5.97 Å². The van der Waals surface area contributed by atoms with Crippen LogP contribution in [0.5, 0.6) is 0 Å². The number of carboxylic acids is 1. The van der Waals surface area contributed by atoms with E-state index in [1.165, 1.54) is 0 Å². The number of halogens is 2. The fourth-order valence-corrected chi connectivity index (χ4v) is 2.89. The zero-order chi connectivity index (χ0) is 14.0. The molecule has 0 heterocycles. The highest BCUT2D eigenvalue weighted by atomic mass is 79.9. The zero-order valence-corrected chi connectivity index (χ0v) is 13.2. The van der Waals surface area contributed by atoms with Gasteiger partial charge in [0.25, 0.3) is 0 Å². The average Bonchev–Trinajstić information content (AvgIpc) is 2.35. The van der Waals surface area contributed by atoms with Gasteiger partial charge in [-0.1, -0.05) is 17.7 Å². The van der Waals surface area contributed by atoms with Gasteiger partial charge in [0.15, 0.2) is 0 Å². The summed E-state index contributed by atoms with van der Waals surface area (Å²) in [5.74, 6) is -0.950. The Kier molecular flexibility index (Phi) is 4.27. The molecule has 2 aromatic carbocycles. The Morgan fingerprint density at radius 1 is 1.16 bits per heavy atom. The van der Waals surface area contributed by atoms with E-state index in [0.29, 0.717) is 5.69 Å². The zero-order valence-electron chi connectivity index (χ0n) is 10.1. The number of rotatable bonds is 3. The van der Waals surface area contributed by atoms with Gasteiger partial charge in [-0.2, -0.15) is 0 Å². The molecule has 0 aliphatic heterocycles. The molecule has 19 heavy (non-hydrogen) atoms. The molecule has 0 bridgehead atoms. The molecular formula is C14H11Br2NO2. The van der Waals surface area contributed by atoms with E-state index in [0.717, 1.165) is 20.2 Å². The quantitative estimate of drug-likeness (QED) is 0.785. The van der Waals surface area contributed by atoms with Gasteiger partial charge in [-0.05, 0) is 63.0 Å². The molecular weight excluding hydrogens is 374 g/mol. The van der Waals surface area contributed by atoms with Gasteiger partial charge < -0.3 is 10.4 Å². The first-order valence-corrected chi connectivity index (χ1v) is 7.12.